The Morgan fingerprint density at radius 1 is 1.35 bits per heavy atom. The second-order valence-electron chi connectivity index (χ2n) is 7.11. The number of rotatable bonds is 5. The molecule has 0 radical (unpaired) electrons. The second-order valence-corrected chi connectivity index (χ2v) is 7.11. The minimum atomic E-state index is 0.0302. The minimum absolute atomic E-state index is 0.0302. The average molecular weight is 356 g/mol. The SMILES string of the molecule is Cc1cccc(COCC2CC3OCCN(C(=O)c4ccoc4)C3C2)n1. The molecule has 0 spiro atoms. The monoisotopic (exact) mass is 356 g/mol. The van der Waals surface area contributed by atoms with Crippen molar-refractivity contribution in [1.82, 2.24) is 9.88 Å². The number of aromatic nitrogens is 1. The van der Waals surface area contributed by atoms with Gasteiger partial charge in [-0.2, -0.15) is 0 Å². The van der Waals surface area contributed by atoms with Gasteiger partial charge in [-0.3, -0.25) is 9.78 Å². The molecule has 2 fully saturated rings. The summed E-state index contributed by atoms with van der Waals surface area (Å²) in [6.07, 6.45) is 4.99. The van der Waals surface area contributed by atoms with Crippen molar-refractivity contribution in [2.45, 2.75) is 38.5 Å². The molecule has 2 aromatic rings. The number of carbonyl (C=O) groups is 1. The molecule has 138 valence electrons. The maximum absolute atomic E-state index is 12.7. The van der Waals surface area contributed by atoms with E-state index >= 15 is 0 Å². The molecule has 26 heavy (non-hydrogen) atoms. The Morgan fingerprint density at radius 2 is 2.27 bits per heavy atom. The van der Waals surface area contributed by atoms with Crippen molar-refractivity contribution >= 4 is 5.91 Å². The Labute approximate surface area is 153 Å². The molecule has 2 aliphatic rings. The highest BCUT2D eigenvalue weighted by atomic mass is 16.5. The predicted octanol–water partition coefficient (Wildman–Crippen LogP) is 2.82. The fraction of sp³-hybridized carbons (Fsp3) is 0.500. The van der Waals surface area contributed by atoms with E-state index in [-0.39, 0.29) is 18.1 Å². The maximum atomic E-state index is 12.7. The number of carbonyl (C=O) groups excluding carboxylic acids is 1. The van der Waals surface area contributed by atoms with Crippen molar-refractivity contribution in [2.24, 2.45) is 5.92 Å². The number of morpholine rings is 1. The van der Waals surface area contributed by atoms with E-state index in [1.807, 2.05) is 30.0 Å². The molecule has 6 nitrogen and oxygen atoms in total. The van der Waals surface area contributed by atoms with E-state index in [9.17, 15) is 4.79 Å². The molecule has 1 saturated heterocycles. The van der Waals surface area contributed by atoms with Crippen molar-refractivity contribution in [3.8, 4) is 0 Å². The van der Waals surface area contributed by atoms with E-state index in [1.165, 1.54) is 12.5 Å². The number of aryl methyl sites for hydroxylation is 1. The first-order valence-corrected chi connectivity index (χ1v) is 9.16. The molecule has 0 aromatic carbocycles. The lowest BCUT2D eigenvalue weighted by Crippen LogP contribution is -2.51. The molecule has 1 saturated carbocycles. The van der Waals surface area contributed by atoms with Gasteiger partial charge in [0.1, 0.15) is 6.26 Å². The lowest BCUT2D eigenvalue weighted by molar-refractivity contribution is -0.0450. The number of hydrogen-bond acceptors (Lipinski definition) is 5. The number of hydrogen-bond donors (Lipinski definition) is 0. The highest BCUT2D eigenvalue weighted by molar-refractivity contribution is 5.94. The summed E-state index contributed by atoms with van der Waals surface area (Å²) in [5, 5.41) is 0. The van der Waals surface area contributed by atoms with Crippen LogP contribution in [0.5, 0.6) is 0 Å². The first-order valence-electron chi connectivity index (χ1n) is 9.16. The van der Waals surface area contributed by atoms with Crippen molar-refractivity contribution in [3.05, 3.63) is 53.7 Å². The van der Waals surface area contributed by atoms with Crippen LogP contribution in [0.15, 0.2) is 41.2 Å². The third kappa shape index (κ3) is 3.66. The van der Waals surface area contributed by atoms with E-state index < -0.39 is 0 Å². The van der Waals surface area contributed by atoms with Gasteiger partial charge in [-0.25, -0.2) is 0 Å². The summed E-state index contributed by atoms with van der Waals surface area (Å²) < 4.78 is 16.9. The molecule has 1 amide bonds. The molecule has 3 atom stereocenters. The summed E-state index contributed by atoms with van der Waals surface area (Å²) >= 11 is 0. The molecule has 3 heterocycles. The average Bonchev–Trinajstić information content (AvgIpc) is 3.30. The molecule has 3 unspecified atom stereocenters. The Hall–Kier alpha value is -2.18. The van der Waals surface area contributed by atoms with Crippen LogP contribution in [0.4, 0.5) is 0 Å². The molecular weight excluding hydrogens is 332 g/mol. The van der Waals surface area contributed by atoms with Crippen LogP contribution in [0.25, 0.3) is 0 Å². The van der Waals surface area contributed by atoms with Gasteiger partial charge in [0.15, 0.2) is 0 Å². The zero-order valence-electron chi connectivity index (χ0n) is 15.0. The van der Waals surface area contributed by atoms with Gasteiger partial charge >= 0.3 is 0 Å². The van der Waals surface area contributed by atoms with Gasteiger partial charge < -0.3 is 18.8 Å². The second kappa shape index (κ2) is 7.60. The first kappa shape index (κ1) is 17.2. The van der Waals surface area contributed by atoms with Crippen molar-refractivity contribution in [3.63, 3.8) is 0 Å². The van der Waals surface area contributed by atoms with Gasteiger partial charge in [0.25, 0.3) is 5.91 Å². The lowest BCUT2D eigenvalue weighted by Gasteiger charge is -2.37. The largest absolute Gasteiger partial charge is 0.472 e. The fourth-order valence-corrected chi connectivity index (χ4v) is 4.00. The topological polar surface area (TPSA) is 64.8 Å². The quantitative estimate of drug-likeness (QED) is 0.824. The van der Waals surface area contributed by atoms with Crippen LogP contribution in [-0.2, 0) is 16.1 Å². The van der Waals surface area contributed by atoms with Crippen LogP contribution >= 0.6 is 0 Å². The summed E-state index contributed by atoms with van der Waals surface area (Å²) in [7, 11) is 0. The number of nitrogens with zero attached hydrogens (tertiary/aromatic N) is 2. The van der Waals surface area contributed by atoms with Crippen LogP contribution in [-0.4, -0.2) is 47.7 Å². The van der Waals surface area contributed by atoms with Crippen LogP contribution < -0.4 is 0 Å². The normalized spacial score (nSPS) is 25.3. The number of amides is 1. The summed E-state index contributed by atoms with van der Waals surface area (Å²) in [6, 6.07) is 7.80. The third-order valence-electron chi connectivity index (χ3n) is 5.21. The highest BCUT2D eigenvalue weighted by Crippen LogP contribution is 2.35. The van der Waals surface area contributed by atoms with Crippen LogP contribution in [0.2, 0.25) is 0 Å². The number of pyridine rings is 1. The fourth-order valence-electron chi connectivity index (χ4n) is 4.00. The molecule has 0 bridgehead atoms. The minimum Gasteiger partial charge on any atom is -0.472 e. The first-order chi connectivity index (χ1) is 12.7. The summed E-state index contributed by atoms with van der Waals surface area (Å²) in [6.45, 7) is 4.39. The van der Waals surface area contributed by atoms with Gasteiger partial charge in [0.2, 0.25) is 0 Å². The van der Waals surface area contributed by atoms with Crippen molar-refractivity contribution in [1.29, 1.82) is 0 Å². The van der Waals surface area contributed by atoms with E-state index in [1.54, 1.807) is 6.07 Å². The van der Waals surface area contributed by atoms with Crippen LogP contribution in [0.3, 0.4) is 0 Å². The summed E-state index contributed by atoms with van der Waals surface area (Å²) in [4.78, 5) is 19.1. The standard InChI is InChI=1S/C20H24N2O4/c1-14-3-2-4-17(21-14)13-25-11-15-9-18-19(10-15)26-8-6-22(18)20(23)16-5-7-24-12-16/h2-5,7,12,15,18-19H,6,8-11,13H2,1H3. The molecule has 2 aromatic heterocycles. The third-order valence-corrected chi connectivity index (χ3v) is 5.21. The van der Waals surface area contributed by atoms with Gasteiger partial charge in [-0.05, 0) is 43.9 Å². The Kier molecular flexibility index (Phi) is 5.04. The molecule has 0 N–H and O–H groups in total. The van der Waals surface area contributed by atoms with E-state index in [0.717, 1.165) is 24.2 Å². The zero-order chi connectivity index (χ0) is 17.9. The summed E-state index contributed by atoms with van der Waals surface area (Å²) in [5.41, 5.74) is 2.56. The van der Waals surface area contributed by atoms with E-state index in [0.29, 0.717) is 37.8 Å². The molecule has 6 heteroatoms. The lowest BCUT2D eigenvalue weighted by atomic mass is 10.1. The Bertz CT molecular complexity index is 746. The van der Waals surface area contributed by atoms with Crippen LogP contribution in [0, 0.1) is 12.8 Å². The smallest absolute Gasteiger partial charge is 0.257 e. The van der Waals surface area contributed by atoms with Crippen molar-refractivity contribution in [2.75, 3.05) is 19.8 Å². The van der Waals surface area contributed by atoms with Gasteiger partial charge in [0.05, 0.1) is 49.5 Å². The number of furan rings is 1. The maximum Gasteiger partial charge on any atom is 0.257 e. The molecule has 1 aliphatic carbocycles. The highest BCUT2D eigenvalue weighted by Gasteiger charge is 2.43. The van der Waals surface area contributed by atoms with E-state index in [4.69, 9.17) is 13.9 Å². The number of ether oxygens (including phenoxy) is 2. The zero-order valence-corrected chi connectivity index (χ0v) is 15.0. The summed E-state index contributed by atoms with van der Waals surface area (Å²) in [5.74, 6) is 0.426. The molecular formula is C20H24N2O4. The molecule has 1 aliphatic heterocycles. The predicted molar refractivity (Wildman–Crippen MR) is 94.6 cm³/mol. The van der Waals surface area contributed by atoms with Gasteiger partial charge in [-0.15, -0.1) is 0 Å². The number of fused-ring (bicyclic) bond motifs is 1. The molecule has 4 rings (SSSR count). The van der Waals surface area contributed by atoms with Gasteiger partial charge in [0, 0.05) is 12.2 Å². The van der Waals surface area contributed by atoms with Crippen LogP contribution in [0.1, 0.15) is 34.6 Å². The Morgan fingerprint density at radius 3 is 3.08 bits per heavy atom. The van der Waals surface area contributed by atoms with Crippen molar-refractivity contribution < 1.29 is 18.7 Å². The van der Waals surface area contributed by atoms with Gasteiger partial charge in [-0.1, -0.05) is 6.07 Å². The Balaban J connectivity index is 1.33. The van der Waals surface area contributed by atoms with E-state index in [2.05, 4.69) is 4.98 Å².